The van der Waals surface area contributed by atoms with Crippen LogP contribution in [0.15, 0.2) is 59.5 Å². The van der Waals surface area contributed by atoms with Crippen LogP contribution >= 0.6 is 0 Å². The minimum atomic E-state index is -4.61. The molecule has 4 rings (SSSR count). The average Bonchev–Trinajstić information content (AvgIpc) is 3.59. The summed E-state index contributed by atoms with van der Waals surface area (Å²) in [5.41, 5.74) is -1.32. The highest BCUT2D eigenvalue weighted by molar-refractivity contribution is 7.89. The highest BCUT2D eigenvalue weighted by Gasteiger charge is 2.44. The fourth-order valence-electron chi connectivity index (χ4n) is 4.14. The Bertz CT molecular complexity index is 1050. The second kappa shape index (κ2) is 8.27. The van der Waals surface area contributed by atoms with Gasteiger partial charge in [0, 0.05) is 25.2 Å². The minimum Gasteiger partial charge on any atom is -0.339 e. The van der Waals surface area contributed by atoms with Crippen molar-refractivity contribution in [2.45, 2.75) is 48.8 Å². The van der Waals surface area contributed by atoms with Gasteiger partial charge < -0.3 is 4.90 Å². The molecule has 1 aliphatic heterocycles. The van der Waals surface area contributed by atoms with Gasteiger partial charge in [0.15, 0.2) is 0 Å². The first-order chi connectivity index (χ1) is 14.7. The topological polar surface area (TPSA) is 57.7 Å². The van der Waals surface area contributed by atoms with Crippen LogP contribution in [0.5, 0.6) is 0 Å². The van der Waals surface area contributed by atoms with Gasteiger partial charge in [0.2, 0.25) is 10.0 Å². The molecule has 1 heterocycles. The summed E-state index contributed by atoms with van der Waals surface area (Å²) in [5, 5.41) is 0. The number of benzene rings is 2. The standard InChI is InChI=1S/C22H23F3N2O3S/c23-22(24,25)20-9-5-4-8-19(20)21(28)26-14-12-17(13-15-26)27(16-10-11-16)31(29,30)18-6-2-1-3-7-18/h1-9,16-17H,10-15H2. The van der Waals surface area contributed by atoms with E-state index in [0.29, 0.717) is 12.8 Å². The maximum absolute atomic E-state index is 13.3. The van der Waals surface area contributed by atoms with Gasteiger partial charge in [-0.15, -0.1) is 0 Å². The lowest BCUT2D eigenvalue weighted by atomic mass is 10.0. The monoisotopic (exact) mass is 452 g/mol. The van der Waals surface area contributed by atoms with Gasteiger partial charge >= 0.3 is 6.18 Å². The Kier molecular flexibility index (Phi) is 5.83. The molecule has 31 heavy (non-hydrogen) atoms. The molecular formula is C22H23F3N2O3S. The number of alkyl halides is 3. The number of amides is 1. The van der Waals surface area contributed by atoms with Gasteiger partial charge in [-0.05, 0) is 49.9 Å². The smallest absolute Gasteiger partial charge is 0.339 e. The van der Waals surface area contributed by atoms with Crippen molar-refractivity contribution in [2.75, 3.05) is 13.1 Å². The fraction of sp³-hybridized carbons (Fsp3) is 0.409. The van der Waals surface area contributed by atoms with E-state index in [9.17, 15) is 26.4 Å². The van der Waals surface area contributed by atoms with Crippen molar-refractivity contribution in [1.29, 1.82) is 0 Å². The molecular weight excluding hydrogens is 429 g/mol. The summed E-state index contributed by atoms with van der Waals surface area (Å²) in [6.45, 7) is 0.423. The molecule has 1 saturated heterocycles. The second-order valence-corrected chi connectivity index (χ2v) is 9.79. The molecule has 5 nitrogen and oxygen atoms in total. The third-order valence-electron chi connectivity index (χ3n) is 5.80. The Morgan fingerprint density at radius 3 is 2.00 bits per heavy atom. The summed E-state index contributed by atoms with van der Waals surface area (Å²) in [7, 11) is -3.67. The summed E-state index contributed by atoms with van der Waals surface area (Å²) in [5.74, 6) is -0.671. The summed E-state index contributed by atoms with van der Waals surface area (Å²) in [6, 6.07) is 12.7. The number of likely N-dealkylation sites (tertiary alicyclic amines) is 1. The largest absolute Gasteiger partial charge is 0.417 e. The Morgan fingerprint density at radius 2 is 1.42 bits per heavy atom. The Labute approximate surface area is 179 Å². The van der Waals surface area contributed by atoms with E-state index in [4.69, 9.17) is 0 Å². The zero-order valence-electron chi connectivity index (χ0n) is 16.8. The number of rotatable bonds is 5. The van der Waals surface area contributed by atoms with Crippen LogP contribution in [-0.2, 0) is 16.2 Å². The van der Waals surface area contributed by atoms with Crippen molar-refractivity contribution in [1.82, 2.24) is 9.21 Å². The van der Waals surface area contributed by atoms with Crippen LogP contribution < -0.4 is 0 Å². The third-order valence-corrected chi connectivity index (χ3v) is 7.82. The molecule has 0 atom stereocenters. The SMILES string of the molecule is O=C(c1ccccc1C(F)(F)F)N1CCC(N(C2CC2)S(=O)(=O)c2ccccc2)CC1. The third kappa shape index (κ3) is 4.48. The van der Waals surface area contributed by atoms with Crippen LogP contribution in [0, 0.1) is 0 Å². The van der Waals surface area contributed by atoms with Crippen LogP contribution in [-0.4, -0.2) is 48.7 Å². The highest BCUT2D eigenvalue weighted by Crippen LogP contribution is 2.37. The summed E-state index contributed by atoms with van der Waals surface area (Å²) in [6.07, 6.45) is -2.24. The molecule has 0 bridgehead atoms. The van der Waals surface area contributed by atoms with Gasteiger partial charge in [-0.2, -0.15) is 17.5 Å². The number of carbonyl (C=O) groups is 1. The number of sulfonamides is 1. The first kappa shape index (κ1) is 21.8. The number of piperidine rings is 1. The maximum Gasteiger partial charge on any atom is 0.417 e. The molecule has 0 N–H and O–H groups in total. The van der Waals surface area contributed by atoms with E-state index < -0.39 is 27.7 Å². The van der Waals surface area contributed by atoms with Crippen LogP contribution in [0.1, 0.15) is 41.6 Å². The number of hydrogen-bond acceptors (Lipinski definition) is 3. The van der Waals surface area contributed by atoms with Crippen LogP contribution in [0.2, 0.25) is 0 Å². The van der Waals surface area contributed by atoms with Crippen molar-refractivity contribution >= 4 is 15.9 Å². The molecule has 1 amide bonds. The molecule has 2 aromatic carbocycles. The van der Waals surface area contributed by atoms with Gasteiger partial charge in [-0.3, -0.25) is 4.79 Å². The number of halogens is 3. The van der Waals surface area contributed by atoms with Crippen molar-refractivity contribution in [2.24, 2.45) is 0 Å². The van der Waals surface area contributed by atoms with E-state index in [1.807, 2.05) is 0 Å². The van der Waals surface area contributed by atoms with E-state index in [-0.39, 0.29) is 35.6 Å². The van der Waals surface area contributed by atoms with Crippen molar-refractivity contribution in [3.8, 4) is 0 Å². The normalized spacial score (nSPS) is 18.4. The molecule has 1 aliphatic carbocycles. The van der Waals surface area contributed by atoms with Crippen LogP contribution in [0.25, 0.3) is 0 Å². The molecule has 1 saturated carbocycles. The van der Waals surface area contributed by atoms with E-state index in [1.165, 1.54) is 23.1 Å². The number of nitrogens with zero attached hydrogens (tertiary/aromatic N) is 2. The highest BCUT2D eigenvalue weighted by atomic mass is 32.2. The Morgan fingerprint density at radius 1 is 0.871 bits per heavy atom. The molecule has 2 fully saturated rings. The van der Waals surface area contributed by atoms with Gasteiger partial charge in [0.25, 0.3) is 5.91 Å². The van der Waals surface area contributed by atoms with Crippen LogP contribution in [0.3, 0.4) is 0 Å². The molecule has 166 valence electrons. The first-order valence-corrected chi connectivity index (χ1v) is 11.7. The zero-order chi connectivity index (χ0) is 22.2. The molecule has 0 radical (unpaired) electrons. The van der Waals surface area contributed by atoms with Crippen molar-refractivity contribution < 1.29 is 26.4 Å². The average molecular weight is 452 g/mol. The summed E-state index contributed by atoms with van der Waals surface area (Å²) >= 11 is 0. The summed E-state index contributed by atoms with van der Waals surface area (Å²) in [4.78, 5) is 14.4. The lowest BCUT2D eigenvalue weighted by Gasteiger charge is -2.38. The summed E-state index contributed by atoms with van der Waals surface area (Å²) < 4.78 is 67.9. The van der Waals surface area contributed by atoms with Gasteiger partial charge in [-0.1, -0.05) is 30.3 Å². The van der Waals surface area contributed by atoms with Crippen molar-refractivity contribution in [3.63, 3.8) is 0 Å². The molecule has 2 aromatic rings. The van der Waals surface area contributed by atoms with E-state index >= 15 is 0 Å². The lowest BCUT2D eigenvalue weighted by molar-refractivity contribution is -0.138. The quantitative estimate of drug-likeness (QED) is 0.685. The molecule has 2 aliphatic rings. The number of carbonyl (C=O) groups excluding carboxylic acids is 1. The lowest BCUT2D eigenvalue weighted by Crippen LogP contribution is -2.49. The first-order valence-electron chi connectivity index (χ1n) is 10.2. The Balaban J connectivity index is 1.50. The zero-order valence-corrected chi connectivity index (χ0v) is 17.6. The van der Waals surface area contributed by atoms with Crippen molar-refractivity contribution in [3.05, 3.63) is 65.7 Å². The number of hydrogen-bond donors (Lipinski definition) is 0. The maximum atomic E-state index is 13.3. The van der Waals surface area contributed by atoms with E-state index in [2.05, 4.69) is 0 Å². The van der Waals surface area contributed by atoms with Gasteiger partial charge in [0.05, 0.1) is 16.0 Å². The molecule has 0 spiro atoms. The molecule has 0 unspecified atom stereocenters. The second-order valence-electron chi connectivity index (χ2n) is 7.95. The molecule has 0 aromatic heterocycles. The molecule has 9 heteroatoms. The Hall–Kier alpha value is -2.39. The van der Waals surface area contributed by atoms with Gasteiger partial charge in [0.1, 0.15) is 0 Å². The predicted molar refractivity (Wildman–Crippen MR) is 109 cm³/mol. The van der Waals surface area contributed by atoms with E-state index in [1.54, 1.807) is 34.6 Å². The van der Waals surface area contributed by atoms with Gasteiger partial charge in [-0.25, -0.2) is 8.42 Å². The minimum absolute atomic E-state index is 0.0524. The fourth-order valence-corrected chi connectivity index (χ4v) is 6.10. The van der Waals surface area contributed by atoms with Crippen LogP contribution in [0.4, 0.5) is 13.2 Å². The predicted octanol–water partition coefficient (Wildman–Crippen LogP) is 4.16. The van der Waals surface area contributed by atoms with E-state index in [0.717, 1.165) is 18.9 Å².